The third-order valence-corrected chi connectivity index (χ3v) is 6.70. The van der Waals surface area contributed by atoms with Crippen molar-refractivity contribution in [2.24, 2.45) is 5.92 Å². The Hall–Kier alpha value is -3.69. The number of pyridine rings is 1. The van der Waals surface area contributed by atoms with Crippen LogP contribution in [0.25, 0.3) is 11.1 Å². The normalized spacial score (nSPS) is 22.3. The number of benzene rings is 1. The molecule has 0 bridgehead atoms. The van der Waals surface area contributed by atoms with Crippen molar-refractivity contribution in [2.75, 3.05) is 23.3 Å². The van der Waals surface area contributed by atoms with Gasteiger partial charge in [-0.1, -0.05) is 18.2 Å². The first kappa shape index (κ1) is 23.1. The molecule has 3 aromatic rings. The number of hydrogen-bond acceptors (Lipinski definition) is 6. The van der Waals surface area contributed by atoms with Crippen molar-refractivity contribution in [2.45, 2.75) is 37.5 Å². The van der Waals surface area contributed by atoms with E-state index in [1.807, 2.05) is 0 Å². The number of amides is 1. The van der Waals surface area contributed by atoms with Crippen LogP contribution in [0.15, 0.2) is 60.9 Å². The van der Waals surface area contributed by atoms with E-state index in [0.29, 0.717) is 36.2 Å². The van der Waals surface area contributed by atoms with E-state index in [1.165, 1.54) is 23.2 Å². The van der Waals surface area contributed by atoms with Crippen LogP contribution in [-0.2, 0) is 10.9 Å². The first-order valence-corrected chi connectivity index (χ1v) is 11.5. The molecule has 2 aliphatic rings. The van der Waals surface area contributed by atoms with Gasteiger partial charge in [-0.05, 0) is 67.5 Å². The zero-order chi connectivity index (χ0) is 24.5. The Morgan fingerprint density at radius 1 is 1.09 bits per heavy atom. The molecule has 1 aromatic carbocycles. The van der Waals surface area contributed by atoms with Gasteiger partial charge in [-0.3, -0.25) is 4.90 Å². The second-order valence-electron chi connectivity index (χ2n) is 9.02. The quantitative estimate of drug-likeness (QED) is 0.512. The molecular formula is C25H24F3N5O2. The van der Waals surface area contributed by atoms with Gasteiger partial charge in [0, 0.05) is 24.5 Å². The highest BCUT2D eigenvalue weighted by molar-refractivity contribution is 5.89. The van der Waals surface area contributed by atoms with E-state index in [4.69, 9.17) is 4.74 Å². The summed E-state index contributed by atoms with van der Waals surface area (Å²) in [5.41, 5.74) is -0.655. The molecule has 2 fully saturated rings. The van der Waals surface area contributed by atoms with Gasteiger partial charge in [0.2, 0.25) is 0 Å². The van der Waals surface area contributed by atoms with Crippen molar-refractivity contribution in [3.05, 3.63) is 66.5 Å². The zero-order valence-corrected chi connectivity index (χ0v) is 18.8. The Morgan fingerprint density at radius 2 is 1.89 bits per heavy atom. The molecule has 1 amide bonds. The number of nitrogens with one attached hydrogen (secondary N) is 1. The van der Waals surface area contributed by atoms with E-state index >= 15 is 0 Å². The van der Waals surface area contributed by atoms with E-state index < -0.39 is 23.4 Å². The molecule has 1 aliphatic heterocycles. The number of anilines is 2. The van der Waals surface area contributed by atoms with Gasteiger partial charge in [0.15, 0.2) is 5.82 Å². The van der Waals surface area contributed by atoms with E-state index in [-0.39, 0.29) is 5.56 Å². The van der Waals surface area contributed by atoms with Crippen molar-refractivity contribution in [1.29, 1.82) is 0 Å². The Labute approximate surface area is 200 Å². The smallest absolute Gasteiger partial charge is 0.417 e. The van der Waals surface area contributed by atoms with E-state index in [9.17, 15) is 18.0 Å². The monoisotopic (exact) mass is 483 g/mol. The summed E-state index contributed by atoms with van der Waals surface area (Å²) in [6.45, 7) is 1.15. The highest BCUT2D eigenvalue weighted by atomic mass is 19.4. The summed E-state index contributed by atoms with van der Waals surface area (Å²) in [6, 6.07) is 12.3. The molecule has 0 unspecified atom stereocenters. The van der Waals surface area contributed by atoms with E-state index in [1.54, 1.807) is 36.5 Å². The molecule has 0 radical (unpaired) electrons. The summed E-state index contributed by atoms with van der Waals surface area (Å²) in [5, 5.41) is 11.1. The Bertz CT molecular complexity index is 1180. The standard InChI is InChI=1S/C25H24F3N5O2/c26-25(27,28)20-5-2-1-4-19(20)18-7-8-21(30-15-18)29-14-17-9-11-24(12-10-17)16-33(23(34)35-24)22-6-3-13-31-32-22/h1-8,13,15,17H,9-12,14,16H2,(H,29,30). The van der Waals surface area contributed by atoms with Gasteiger partial charge in [-0.15, -0.1) is 5.10 Å². The number of hydrogen-bond donors (Lipinski definition) is 1. The molecule has 1 saturated carbocycles. The number of halogens is 3. The lowest BCUT2D eigenvalue weighted by atomic mass is 9.78. The summed E-state index contributed by atoms with van der Waals surface area (Å²) >= 11 is 0. The highest BCUT2D eigenvalue weighted by Gasteiger charge is 2.48. The minimum Gasteiger partial charge on any atom is -0.441 e. The Kier molecular flexibility index (Phi) is 6.04. The number of nitrogens with zero attached hydrogens (tertiary/aromatic N) is 4. The number of carbonyl (C=O) groups excluding carboxylic acids is 1. The molecule has 0 atom stereocenters. The number of ether oxygens (including phenoxy) is 1. The summed E-state index contributed by atoms with van der Waals surface area (Å²) in [6.07, 6.45) is 1.47. The summed E-state index contributed by atoms with van der Waals surface area (Å²) < 4.78 is 45.7. The van der Waals surface area contributed by atoms with Crippen molar-refractivity contribution >= 4 is 17.7 Å². The fourth-order valence-corrected chi connectivity index (χ4v) is 4.79. The zero-order valence-electron chi connectivity index (χ0n) is 18.8. The van der Waals surface area contributed by atoms with E-state index in [2.05, 4.69) is 20.5 Å². The first-order valence-electron chi connectivity index (χ1n) is 11.5. The third kappa shape index (κ3) is 4.91. The first-order chi connectivity index (χ1) is 16.8. The third-order valence-electron chi connectivity index (χ3n) is 6.70. The molecule has 7 nitrogen and oxygen atoms in total. The molecule has 35 heavy (non-hydrogen) atoms. The second kappa shape index (κ2) is 9.16. The molecule has 1 N–H and O–H groups in total. The molecular weight excluding hydrogens is 459 g/mol. The molecule has 1 spiro atoms. The van der Waals surface area contributed by atoms with Gasteiger partial charge >= 0.3 is 12.3 Å². The van der Waals surface area contributed by atoms with Crippen LogP contribution in [0.2, 0.25) is 0 Å². The maximum absolute atomic E-state index is 13.3. The van der Waals surface area contributed by atoms with Crippen molar-refractivity contribution in [3.8, 4) is 11.1 Å². The van der Waals surface area contributed by atoms with Crippen LogP contribution in [0.3, 0.4) is 0 Å². The Morgan fingerprint density at radius 3 is 2.57 bits per heavy atom. The predicted octanol–water partition coefficient (Wildman–Crippen LogP) is 5.56. The predicted molar refractivity (Wildman–Crippen MR) is 124 cm³/mol. The van der Waals surface area contributed by atoms with Gasteiger partial charge < -0.3 is 10.1 Å². The molecule has 1 saturated heterocycles. The average molecular weight is 483 g/mol. The summed E-state index contributed by atoms with van der Waals surface area (Å²) in [5.74, 6) is 1.47. The minimum absolute atomic E-state index is 0.110. The van der Waals surface area contributed by atoms with Gasteiger partial charge in [0.05, 0.1) is 12.1 Å². The van der Waals surface area contributed by atoms with Crippen LogP contribution in [0.5, 0.6) is 0 Å². The fraction of sp³-hybridized carbons (Fsp3) is 0.360. The van der Waals surface area contributed by atoms with Crippen LogP contribution in [0.4, 0.5) is 29.6 Å². The lowest BCUT2D eigenvalue weighted by Crippen LogP contribution is -2.39. The van der Waals surface area contributed by atoms with Crippen LogP contribution in [-0.4, -0.2) is 40.0 Å². The highest BCUT2D eigenvalue weighted by Crippen LogP contribution is 2.40. The number of alkyl halides is 3. The lowest BCUT2D eigenvalue weighted by molar-refractivity contribution is -0.137. The number of aromatic nitrogens is 3. The molecule has 3 heterocycles. The van der Waals surface area contributed by atoms with Crippen LogP contribution < -0.4 is 10.2 Å². The fourth-order valence-electron chi connectivity index (χ4n) is 4.79. The topological polar surface area (TPSA) is 80.2 Å². The van der Waals surface area contributed by atoms with Crippen molar-refractivity contribution in [1.82, 2.24) is 15.2 Å². The van der Waals surface area contributed by atoms with Crippen LogP contribution in [0, 0.1) is 5.92 Å². The van der Waals surface area contributed by atoms with Crippen LogP contribution >= 0.6 is 0 Å². The van der Waals surface area contributed by atoms with Gasteiger partial charge in [0.25, 0.3) is 0 Å². The van der Waals surface area contributed by atoms with Crippen molar-refractivity contribution < 1.29 is 22.7 Å². The van der Waals surface area contributed by atoms with Crippen molar-refractivity contribution in [3.63, 3.8) is 0 Å². The summed E-state index contributed by atoms with van der Waals surface area (Å²) in [4.78, 5) is 18.3. The maximum atomic E-state index is 13.3. The largest absolute Gasteiger partial charge is 0.441 e. The number of rotatable bonds is 5. The van der Waals surface area contributed by atoms with Crippen LogP contribution in [0.1, 0.15) is 31.2 Å². The lowest BCUT2D eigenvalue weighted by Gasteiger charge is -2.35. The summed E-state index contributed by atoms with van der Waals surface area (Å²) in [7, 11) is 0. The Balaban J connectivity index is 1.16. The van der Waals surface area contributed by atoms with Gasteiger partial charge in [-0.25, -0.2) is 9.78 Å². The molecule has 10 heteroatoms. The molecule has 1 aliphatic carbocycles. The minimum atomic E-state index is -4.43. The second-order valence-corrected chi connectivity index (χ2v) is 9.02. The maximum Gasteiger partial charge on any atom is 0.417 e. The molecule has 182 valence electrons. The number of carbonyl (C=O) groups is 1. The van der Waals surface area contributed by atoms with Gasteiger partial charge in [0.1, 0.15) is 11.4 Å². The molecule has 5 rings (SSSR count). The van der Waals surface area contributed by atoms with E-state index in [0.717, 1.165) is 31.7 Å². The SMILES string of the molecule is O=C1OC2(CCC(CNc3ccc(-c4ccccc4C(F)(F)F)cn3)CC2)CN1c1cccnn1. The van der Waals surface area contributed by atoms with Gasteiger partial charge in [-0.2, -0.15) is 18.3 Å². The average Bonchev–Trinajstić information content (AvgIpc) is 3.19. The molecule has 2 aromatic heterocycles.